The first kappa shape index (κ1) is 19.8. The zero-order valence-electron chi connectivity index (χ0n) is 14.5. The molecule has 1 saturated heterocycles. The number of anilines is 1. The van der Waals surface area contributed by atoms with Gasteiger partial charge in [-0.25, -0.2) is 17.2 Å². The summed E-state index contributed by atoms with van der Waals surface area (Å²) < 4.78 is 52.4. The van der Waals surface area contributed by atoms with Crippen molar-refractivity contribution in [3.63, 3.8) is 0 Å². The molecule has 0 saturated carbocycles. The van der Waals surface area contributed by atoms with Crippen LogP contribution in [-0.2, 0) is 10.0 Å². The van der Waals surface area contributed by atoms with Gasteiger partial charge in [0.1, 0.15) is 5.01 Å². The molecule has 2 aromatic rings. The molecule has 0 aliphatic carbocycles. The highest BCUT2D eigenvalue weighted by Gasteiger charge is 2.37. The number of rotatable bonds is 6. The number of sulfonamides is 1. The first-order chi connectivity index (χ1) is 12.8. The number of aromatic nitrogens is 2. The molecular formula is C16H18F2N4O3S2. The lowest BCUT2D eigenvalue weighted by Crippen LogP contribution is -2.32. The minimum Gasteiger partial charge on any atom is -0.320 e. The predicted octanol–water partition coefficient (Wildman–Crippen LogP) is 2.95. The maximum absolute atomic E-state index is 13.2. The van der Waals surface area contributed by atoms with Crippen molar-refractivity contribution in [3.8, 4) is 0 Å². The zero-order chi connectivity index (χ0) is 19.6. The van der Waals surface area contributed by atoms with E-state index in [0.29, 0.717) is 30.8 Å². The van der Waals surface area contributed by atoms with E-state index >= 15 is 0 Å². The Balaban J connectivity index is 1.75. The molecule has 11 heteroatoms. The summed E-state index contributed by atoms with van der Waals surface area (Å²) in [6.07, 6.45) is 1.84. The summed E-state index contributed by atoms with van der Waals surface area (Å²) >= 11 is 0.995. The lowest BCUT2D eigenvalue weighted by atomic mass is 10.2. The average molecular weight is 416 g/mol. The van der Waals surface area contributed by atoms with Crippen LogP contribution in [0.2, 0.25) is 0 Å². The SMILES string of the molecule is CCCS(=O)(=O)N1CCC[C@@H]1c1nnc(C(=O)Nc2ccc(F)c(F)c2)s1. The van der Waals surface area contributed by atoms with E-state index in [0.717, 1.165) is 23.5 Å². The van der Waals surface area contributed by atoms with Gasteiger partial charge in [0.2, 0.25) is 15.0 Å². The van der Waals surface area contributed by atoms with E-state index < -0.39 is 33.6 Å². The third-order valence-corrected chi connectivity index (χ3v) is 7.22. The van der Waals surface area contributed by atoms with E-state index in [1.807, 2.05) is 0 Å². The monoisotopic (exact) mass is 416 g/mol. The molecule has 7 nitrogen and oxygen atoms in total. The molecule has 0 unspecified atom stereocenters. The van der Waals surface area contributed by atoms with Crippen molar-refractivity contribution in [2.45, 2.75) is 32.2 Å². The van der Waals surface area contributed by atoms with Crippen molar-refractivity contribution in [2.75, 3.05) is 17.6 Å². The highest BCUT2D eigenvalue weighted by Crippen LogP contribution is 2.36. The number of benzene rings is 1. The molecule has 146 valence electrons. The van der Waals surface area contributed by atoms with E-state index in [-0.39, 0.29) is 16.4 Å². The molecule has 1 aromatic carbocycles. The molecular weight excluding hydrogens is 398 g/mol. The van der Waals surface area contributed by atoms with Crippen molar-refractivity contribution in [3.05, 3.63) is 39.8 Å². The number of amides is 1. The maximum atomic E-state index is 13.2. The van der Waals surface area contributed by atoms with Gasteiger partial charge in [-0.3, -0.25) is 4.79 Å². The molecule has 1 N–H and O–H groups in total. The van der Waals surface area contributed by atoms with Crippen molar-refractivity contribution in [2.24, 2.45) is 0 Å². The fourth-order valence-electron chi connectivity index (χ4n) is 2.91. The van der Waals surface area contributed by atoms with Crippen LogP contribution in [-0.4, -0.2) is 41.1 Å². The molecule has 1 atom stereocenters. The van der Waals surface area contributed by atoms with Crippen LogP contribution in [0.3, 0.4) is 0 Å². The normalized spacial score (nSPS) is 18.0. The maximum Gasteiger partial charge on any atom is 0.286 e. The quantitative estimate of drug-likeness (QED) is 0.782. The van der Waals surface area contributed by atoms with Gasteiger partial charge in [0.25, 0.3) is 5.91 Å². The van der Waals surface area contributed by atoms with E-state index in [2.05, 4.69) is 15.5 Å². The molecule has 1 fully saturated rings. The molecule has 27 heavy (non-hydrogen) atoms. The molecule has 1 aromatic heterocycles. The van der Waals surface area contributed by atoms with Crippen LogP contribution in [0.4, 0.5) is 14.5 Å². The standard InChI is InChI=1S/C16H18F2N4O3S2/c1-2-8-27(24,25)22-7-3-4-13(22)15-20-21-16(26-15)14(23)19-10-5-6-11(17)12(18)9-10/h5-6,9,13H,2-4,7-8H2,1H3,(H,19,23)/t13-/m1/s1. The minimum absolute atomic E-state index is 0.0227. The highest BCUT2D eigenvalue weighted by atomic mass is 32.2. The number of halogens is 2. The Morgan fingerprint density at radius 1 is 1.33 bits per heavy atom. The van der Waals surface area contributed by atoms with Gasteiger partial charge in [-0.05, 0) is 31.4 Å². The number of hydrogen-bond acceptors (Lipinski definition) is 6. The Kier molecular flexibility index (Phi) is 5.82. The number of carbonyl (C=O) groups is 1. The molecule has 0 bridgehead atoms. The number of nitrogens with one attached hydrogen (secondary N) is 1. The summed E-state index contributed by atoms with van der Waals surface area (Å²) in [5, 5.41) is 10.7. The first-order valence-corrected chi connectivity index (χ1v) is 10.8. The number of nitrogens with zero attached hydrogens (tertiary/aromatic N) is 3. The van der Waals surface area contributed by atoms with E-state index in [1.54, 1.807) is 6.92 Å². The van der Waals surface area contributed by atoms with Crippen LogP contribution >= 0.6 is 11.3 Å². The first-order valence-electron chi connectivity index (χ1n) is 8.41. The van der Waals surface area contributed by atoms with Gasteiger partial charge in [-0.15, -0.1) is 10.2 Å². The Hall–Kier alpha value is -1.98. The second kappa shape index (κ2) is 7.95. The average Bonchev–Trinajstić information content (AvgIpc) is 3.27. The summed E-state index contributed by atoms with van der Waals surface area (Å²) in [4.78, 5) is 12.3. The molecule has 3 rings (SSSR count). The number of hydrogen-bond donors (Lipinski definition) is 1. The number of carbonyl (C=O) groups excluding carboxylic acids is 1. The van der Waals surface area contributed by atoms with Gasteiger partial charge in [0.05, 0.1) is 11.8 Å². The third-order valence-electron chi connectivity index (χ3n) is 4.12. The Labute approximate surface area is 159 Å². The van der Waals surface area contributed by atoms with Gasteiger partial charge >= 0.3 is 0 Å². The van der Waals surface area contributed by atoms with E-state index in [9.17, 15) is 22.0 Å². The summed E-state index contributed by atoms with van der Waals surface area (Å²) in [6.45, 7) is 2.22. The predicted molar refractivity (Wildman–Crippen MR) is 97.0 cm³/mol. The van der Waals surface area contributed by atoms with Gasteiger partial charge in [0, 0.05) is 18.3 Å². The van der Waals surface area contributed by atoms with Crippen LogP contribution in [0, 0.1) is 11.6 Å². The Morgan fingerprint density at radius 2 is 2.11 bits per heavy atom. The molecule has 0 spiro atoms. The van der Waals surface area contributed by atoms with E-state index in [1.165, 1.54) is 10.4 Å². The lowest BCUT2D eigenvalue weighted by Gasteiger charge is -2.21. The van der Waals surface area contributed by atoms with Crippen molar-refractivity contribution in [1.29, 1.82) is 0 Å². The fourth-order valence-corrected chi connectivity index (χ4v) is 5.62. The molecule has 1 aliphatic heterocycles. The molecule has 1 amide bonds. The molecule has 2 heterocycles. The second-order valence-electron chi connectivity index (χ2n) is 6.11. The van der Waals surface area contributed by atoms with Crippen LogP contribution < -0.4 is 5.32 Å². The Bertz CT molecular complexity index is 949. The fraction of sp³-hybridized carbons (Fsp3) is 0.438. The molecule has 0 radical (unpaired) electrons. The smallest absolute Gasteiger partial charge is 0.286 e. The molecule has 1 aliphatic rings. The summed E-state index contributed by atoms with van der Waals surface area (Å²) in [7, 11) is -3.38. The van der Waals surface area contributed by atoms with Crippen molar-refractivity contribution >= 4 is 33.0 Å². The van der Waals surface area contributed by atoms with Crippen LogP contribution in [0.1, 0.15) is 47.0 Å². The highest BCUT2D eigenvalue weighted by molar-refractivity contribution is 7.89. The zero-order valence-corrected chi connectivity index (χ0v) is 16.1. The second-order valence-corrected chi connectivity index (χ2v) is 9.16. The van der Waals surface area contributed by atoms with Gasteiger partial charge < -0.3 is 5.32 Å². The Morgan fingerprint density at radius 3 is 2.81 bits per heavy atom. The van der Waals surface area contributed by atoms with Crippen LogP contribution in [0.15, 0.2) is 18.2 Å². The van der Waals surface area contributed by atoms with Crippen LogP contribution in [0.5, 0.6) is 0 Å². The van der Waals surface area contributed by atoms with Gasteiger partial charge in [-0.1, -0.05) is 18.3 Å². The van der Waals surface area contributed by atoms with Crippen LogP contribution in [0.25, 0.3) is 0 Å². The van der Waals surface area contributed by atoms with Gasteiger partial charge in [0.15, 0.2) is 11.6 Å². The van der Waals surface area contributed by atoms with Crippen molar-refractivity contribution < 1.29 is 22.0 Å². The summed E-state index contributed by atoms with van der Waals surface area (Å²) in [6, 6.07) is 2.58. The van der Waals surface area contributed by atoms with Gasteiger partial charge in [-0.2, -0.15) is 4.31 Å². The largest absolute Gasteiger partial charge is 0.320 e. The third kappa shape index (κ3) is 4.30. The lowest BCUT2D eigenvalue weighted by molar-refractivity contribution is 0.102. The van der Waals surface area contributed by atoms with E-state index in [4.69, 9.17) is 0 Å². The topological polar surface area (TPSA) is 92.3 Å². The van der Waals surface area contributed by atoms with Crippen molar-refractivity contribution in [1.82, 2.24) is 14.5 Å². The summed E-state index contributed by atoms with van der Waals surface area (Å²) in [5.74, 6) is -2.65. The summed E-state index contributed by atoms with van der Waals surface area (Å²) in [5.41, 5.74) is 0.0867. The minimum atomic E-state index is -3.38.